The number of hydrogen-bond acceptors (Lipinski definition) is 5. The summed E-state index contributed by atoms with van der Waals surface area (Å²) in [5.41, 5.74) is 1.69. The first-order chi connectivity index (χ1) is 13.5. The van der Waals surface area contributed by atoms with Crippen molar-refractivity contribution in [1.29, 1.82) is 0 Å². The van der Waals surface area contributed by atoms with E-state index in [-0.39, 0.29) is 16.0 Å². The SMILES string of the molecule is CN(Cc1noc2ccccc12)C1CCN(S(=O)(=O)c2ccccc2Cl)CC1. The molecule has 0 unspecified atom stereocenters. The third kappa shape index (κ3) is 3.67. The summed E-state index contributed by atoms with van der Waals surface area (Å²) < 4.78 is 32.7. The van der Waals surface area contributed by atoms with Crippen LogP contribution in [0.1, 0.15) is 18.5 Å². The maximum atomic E-state index is 12.9. The van der Waals surface area contributed by atoms with Gasteiger partial charge in [0.25, 0.3) is 0 Å². The Morgan fingerprint density at radius 1 is 1.14 bits per heavy atom. The molecule has 0 amide bonds. The molecular formula is C20H22ClN3O3S. The molecule has 1 fully saturated rings. The lowest BCUT2D eigenvalue weighted by atomic mass is 10.0. The quantitative estimate of drug-likeness (QED) is 0.629. The van der Waals surface area contributed by atoms with Gasteiger partial charge in [-0.3, -0.25) is 4.90 Å². The summed E-state index contributed by atoms with van der Waals surface area (Å²) in [6.07, 6.45) is 1.52. The number of nitrogens with zero attached hydrogens (tertiary/aromatic N) is 3. The van der Waals surface area contributed by atoms with Gasteiger partial charge in [-0.15, -0.1) is 0 Å². The summed E-state index contributed by atoms with van der Waals surface area (Å²) in [6, 6.07) is 14.7. The van der Waals surface area contributed by atoms with Gasteiger partial charge in [0, 0.05) is 31.1 Å². The average molecular weight is 420 g/mol. The maximum Gasteiger partial charge on any atom is 0.244 e. The van der Waals surface area contributed by atoms with Gasteiger partial charge in [0.2, 0.25) is 10.0 Å². The molecular weight excluding hydrogens is 398 g/mol. The van der Waals surface area contributed by atoms with Crippen molar-refractivity contribution in [1.82, 2.24) is 14.4 Å². The second-order valence-corrected chi connectivity index (χ2v) is 9.42. The van der Waals surface area contributed by atoms with Crippen LogP contribution in [0.25, 0.3) is 11.0 Å². The molecule has 0 bridgehead atoms. The Morgan fingerprint density at radius 2 is 1.82 bits per heavy atom. The fraction of sp³-hybridized carbons (Fsp3) is 0.350. The second-order valence-electron chi connectivity index (χ2n) is 7.11. The summed E-state index contributed by atoms with van der Waals surface area (Å²) in [6.45, 7) is 1.61. The van der Waals surface area contributed by atoms with Gasteiger partial charge < -0.3 is 4.52 Å². The van der Waals surface area contributed by atoms with Crippen LogP contribution >= 0.6 is 11.6 Å². The molecule has 2 aromatic carbocycles. The molecule has 28 heavy (non-hydrogen) atoms. The number of fused-ring (bicyclic) bond motifs is 1. The van der Waals surface area contributed by atoms with E-state index in [1.807, 2.05) is 31.3 Å². The second kappa shape index (κ2) is 7.83. The topological polar surface area (TPSA) is 66.7 Å². The molecule has 6 nitrogen and oxygen atoms in total. The van der Waals surface area contributed by atoms with Crippen LogP contribution in [0.5, 0.6) is 0 Å². The highest BCUT2D eigenvalue weighted by atomic mass is 35.5. The molecule has 1 aromatic heterocycles. The van der Waals surface area contributed by atoms with Crippen LogP contribution in [-0.4, -0.2) is 49.0 Å². The normalized spacial score (nSPS) is 16.8. The van der Waals surface area contributed by atoms with Gasteiger partial charge in [-0.1, -0.05) is 41.0 Å². The third-order valence-electron chi connectivity index (χ3n) is 5.35. The van der Waals surface area contributed by atoms with Crippen molar-refractivity contribution in [3.8, 4) is 0 Å². The molecule has 8 heteroatoms. The Kier molecular flexibility index (Phi) is 5.42. The zero-order chi connectivity index (χ0) is 19.7. The van der Waals surface area contributed by atoms with E-state index in [4.69, 9.17) is 16.1 Å². The van der Waals surface area contributed by atoms with Gasteiger partial charge in [0.15, 0.2) is 5.58 Å². The lowest BCUT2D eigenvalue weighted by Gasteiger charge is -2.36. The van der Waals surface area contributed by atoms with Gasteiger partial charge in [-0.2, -0.15) is 4.31 Å². The van der Waals surface area contributed by atoms with Crippen molar-refractivity contribution in [2.45, 2.75) is 30.3 Å². The number of aromatic nitrogens is 1. The summed E-state index contributed by atoms with van der Waals surface area (Å²) in [4.78, 5) is 2.40. The number of benzene rings is 2. The molecule has 0 saturated carbocycles. The van der Waals surface area contributed by atoms with Crippen LogP contribution in [0.15, 0.2) is 57.9 Å². The van der Waals surface area contributed by atoms with E-state index in [2.05, 4.69) is 10.1 Å². The molecule has 3 aromatic rings. The summed E-state index contributed by atoms with van der Waals surface area (Å²) in [5, 5.41) is 5.48. The molecule has 1 aliphatic heterocycles. The Morgan fingerprint density at radius 3 is 2.57 bits per heavy atom. The van der Waals surface area contributed by atoms with Crippen LogP contribution in [0, 0.1) is 0 Å². The average Bonchev–Trinajstić information content (AvgIpc) is 3.11. The fourth-order valence-electron chi connectivity index (χ4n) is 3.73. The first-order valence-electron chi connectivity index (χ1n) is 9.25. The van der Waals surface area contributed by atoms with Gasteiger partial charge in [-0.05, 0) is 44.2 Å². The predicted molar refractivity (Wildman–Crippen MR) is 109 cm³/mol. The predicted octanol–water partition coefficient (Wildman–Crippen LogP) is 3.77. The van der Waals surface area contributed by atoms with Crippen molar-refractivity contribution >= 4 is 32.6 Å². The first kappa shape index (κ1) is 19.4. The number of hydrogen-bond donors (Lipinski definition) is 0. The van der Waals surface area contributed by atoms with E-state index in [1.165, 1.54) is 4.31 Å². The minimum absolute atomic E-state index is 0.178. The zero-order valence-corrected chi connectivity index (χ0v) is 17.2. The molecule has 1 aliphatic rings. The molecule has 0 atom stereocenters. The first-order valence-corrected chi connectivity index (χ1v) is 11.1. The minimum Gasteiger partial charge on any atom is -0.356 e. The smallest absolute Gasteiger partial charge is 0.244 e. The highest BCUT2D eigenvalue weighted by molar-refractivity contribution is 7.89. The minimum atomic E-state index is -3.57. The highest BCUT2D eigenvalue weighted by Gasteiger charge is 2.32. The molecule has 0 radical (unpaired) electrons. The number of piperidine rings is 1. The van der Waals surface area contributed by atoms with E-state index in [0.717, 1.165) is 29.5 Å². The van der Waals surface area contributed by atoms with E-state index >= 15 is 0 Å². The Labute approximate surface area is 169 Å². The van der Waals surface area contributed by atoms with E-state index in [9.17, 15) is 8.42 Å². The van der Waals surface area contributed by atoms with Gasteiger partial charge in [0.05, 0.1) is 5.02 Å². The zero-order valence-electron chi connectivity index (χ0n) is 15.6. The third-order valence-corrected chi connectivity index (χ3v) is 7.75. The number of sulfonamides is 1. The van der Waals surface area contributed by atoms with Crippen LogP contribution in [0.3, 0.4) is 0 Å². The highest BCUT2D eigenvalue weighted by Crippen LogP contribution is 2.28. The molecule has 0 N–H and O–H groups in total. The Bertz CT molecular complexity index is 1070. The molecule has 0 spiro atoms. The lowest BCUT2D eigenvalue weighted by molar-refractivity contribution is 0.159. The van der Waals surface area contributed by atoms with Gasteiger partial charge >= 0.3 is 0 Å². The van der Waals surface area contributed by atoms with Crippen LogP contribution in [0.2, 0.25) is 5.02 Å². The molecule has 0 aliphatic carbocycles. The van der Waals surface area contributed by atoms with Gasteiger partial charge in [0.1, 0.15) is 10.6 Å². The Hall–Kier alpha value is -1.93. The summed E-state index contributed by atoms with van der Waals surface area (Å²) in [7, 11) is -1.52. The molecule has 148 valence electrons. The maximum absolute atomic E-state index is 12.9. The van der Waals surface area contributed by atoms with Crippen LogP contribution in [-0.2, 0) is 16.6 Å². The molecule has 1 saturated heterocycles. The van der Waals surface area contributed by atoms with E-state index in [0.29, 0.717) is 19.6 Å². The number of rotatable bonds is 5. The van der Waals surface area contributed by atoms with E-state index < -0.39 is 10.0 Å². The summed E-state index contributed by atoms with van der Waals surface area (Å²) >= 11 is 6.10. The van der Waals surface area contributed by atoms with E-state index in [1.54, 1.807) is 24.3 Å². The molecule has 4 rings (SSSR count). The molecule has 2 heterocycles. The monoisotopic (exact) mass is 419 g/mol. The number of halogens is 1. The fourth-order valence-corrected chi connectivity index (χ4v) is 5.70. The van der Waals surface area contributed by atoms with Crippen molar-refractivity contribution in [2.24, 2.45) is 0 Å². The summed E-state index contributed by atoms with van der Waals surface area (Å²) in [5.74, 6) is 0. The lowest BCUT2D eigenvalue weighted by Crippen LogP contribution is -2.45. The van der Waals surface area contributed by atoms with Gasteiger partial charge in [-0.25, -0.2) is 8.42 Å². The van der Waals surface area contributed by atoms with Crippen molar-refractivity contribution < 1.29 is 12.9 Å². The standard InChI is InChI=1S/C20H22ClN3O3S/c1-23(14-18-16-6-2-4-8-19(16)27-22-18)15-10-12-24(13-11-15)28(25,26)20-9-5-3-7-17(20)21/h2-9,15H,10-14H2,1H3. The van der Waals surface area contributed by atoms with Crippen molar-refractivity contribution in [3.05, 3.63) is 59.2 Å². The van der Waals surface area contributed by atoms with Crippen LogP contribution < -0.4 is 0 Å². The number of para-hydroxylation sites is 1. The van der Waals surface area contributed by atoms with Crippen molar-refractivity contribution in [3.63, 3.8) is 0 Å². The largest absolute Gasteiger partial charge is 0.356 e. The van der Waals surface area contributed by atoms with Crippen molar-refractivity contribution in [2.75, 3.05) is 20.1 Å². The van der Waals surface area contributed by atoms with Crippen LogP contribution in [0.4, 0.5) is 0 Å². The Balaban J connectivity index is 1.42.